The van der Waals surface area contributed by atoms with Crippen molar-refractivity contribution >= 4 is 5.97 Å². The quantitative estimate of drug-likeness (QED) is 0.262. The van der Waals surface area contributed by atoms with Gasteiger partial charge in [-0.2, -0.15) is 4.98 Å². The number of benzene rings is 2. The van der Waals surface area contributed by atoms with Gasteiger partial charge in [0.05, 0.1) is 6.61 Å². The number of aryl methyl sites for hydroxylation is 1. The number of carbonyl (C=O) groups is 1. The fourth-order valence-electron chi connectivity index (χ4n) is 2.29. The molecule has 154 valence electrons. The lowest BCUT2D eigenvalue weighted by Crippen LogP contribution is -2.06. The van der Waals surface area contributed by atoms with Gasteiger partial charge in [-0.15, -0.1) is 5.92 Å². The molecule has 0 unspecified atom stereocenters. The summed E-state index contributed by atoms with van der Waals surface area (Å²) in [6, 6.07) is 15.8. The third kappa shape index (κ3) is 7.04. The van der Waals surface area contributed by atoms with Crippen LogP contribution in [0.1, 0.15) is 18.1 Å². The molecule has 0 fully saturated rings. The first kappa shape index (κ1) is 22.6. The molecule has 3 aromatic rings. The summed E-state index contributed by atoms with van der Waals surface area (Å²) < 4.78 is 14.5. The zero-order chi connectivity index (χ0) is 21.8. The van der Waals surface area contributed by atoms with E-state index in [2.05, 4.69) is 38.0 Å². The molecule has 0 bridgehead atoms. The zero-order valence-corrected chi connectivity index (χ0v) is 17.3. The van der Waals surface area contributed by atoms with Crippen LogP contribution in [0.4, 0.5) is 0 Å². The van der Waals surface area contributed by atoms with E-state index in [0.717, 1.165) is 22.8 Å². The molecule has 3 rings (SSSR count). The minimum atomic E-state index is -0.410. The molecule has 1 aromatic heterocycles. The van der Waals surface area contributed by atoms with Gasteiger partial charge in [-0.25, -0.2) is 4.79 Å². The van der Waals surface area contributed by atoms with E-state index >= 15 is 0 Å². The lowest BCUT2D eigenvalue weighted by atomic mass is 10.1. The van der Waals surface area contributed by atoms with E-state index in [4.69, 9.17) is 4.52 Å². The maximum absolute atomic E-state index is 10.3. The van der Waals surface area contributed by atoms with Crippen LogP contribution in [0.15, 0.2) is 65.7 Å². The van der Waals surface area contributed by atoms with Crippen molar-refractivity contribution < 1.29 is 18.8 Å². The van der Waals surface area contributed by atoms with Crippen LogP contribution in [0.5, 0.6) is 0 Å². The maximum Gasteiger partial charge on any atom is 0.330 e. The van der Waals surface area contributed by atoms with E-state index in [0.29, 0.717) is 24.9 Å². The van der Waals surface area contributed by atoms with Gasteiger partial charge in [-0.1, -0.05) is 47.5 Å². The molecule has 0 N–H and O–H groups in total. The topological polar surface area (TPSA) is 74.5 Å². The van der Waals surface area contributed by atoms with Crippen molar-refractivity contribution in [2.24, 2.45) is 0 Å². The Balaban J connectivity index is 0.000000303. The average Bonchev–Trinajstić information content (AvgIpc) is 3.26. The van der Waals surface area contributed by atoms with E-state index in [-0.39, 0.29) is 0 Å². The van der Waals surface area contributed by atoms with Gasteiger partial charge in [0.1, 0.15) is 6.61 Å². The molecule has 30 heavy (non-hydrogen) atoms. The van der Waals surface area contributed by atoms with Crippen molar-refractivity contribution in [3.8, 4) is 34.7 Å². The van der Waals surface area contributed by atoms with Crippen LogP contribution in [-0.2, 0) is 14.3 Å². The Morgan fingerprint density at radius 1 is 1.10 bits per heavy atom. The maximum atomic E-state index is 10.3. The molecule has 0 aliphatic carbocycles. The van der Waals surface area contributed by atoms with Gasteiger partial charge in [0, 0.05) is 29.9 Å². The summed E-state index contributed by atoms with van der Waals surface area (Å²) in [5.74, 6) is 6.58. The highest BCUT2D eigenvalue weighted by Gasteiger charge is 2.10. The third-order valence-corrected chi connectivity index (χ3v) is 3.84. The van der Waals surface area contributed by atoms with E-state index in [1.165, 1.54) is 5.56 Å². The number of hydrogen-bond acceptors (Lipinski definition) is 6. The minimum absolute atomic E-state index is 0.293. The second kappa shape index (κ2) is 12.0. The van der Waals surface area contributed by atoms with Gasteiger partial charge in [0.2, 0.25) is 5.82 Å². The summed E-state index contributed by atoms with van der Waals surface area (Å²) in [5, 5.41) is 4.04. The molecule has 0 amide bonds. The third-order valence-electron chi connectivity index (χ3n) is 3.84. The van der Waals surface area contributed by atoms with Crippen molar-refractivity contribution in [2.45, 2.75) is 13.8 Å². The monoisotopic (exact) mass is 404 g/mol. The summed E-state index contributed by atoms with van der Waals surface area (Å²) in [5.41, 5.74) is 4.01. The first-order valence-corrected chi connectivity index (χ1v) is 9.29. The normalized spacial score (nSPS) is 9.57. The smallest absolute Gasteiger partial charge is 0.330 e. The second-order valence-electron chi connectivity index (χ2n) is 6.11. The number of hydrogen-bond donors (Lipinski definition) is 0. The summed E-state index contributed by atoms with van der Waals surface area (Å²) in [7, 11) is 1.54. The van der Waals surface area contributed by atoms with Crippen LogP contribution >= 0.6 is 0 Å². The highest BCUT2D eigenvalue weighted by atomic mass is 16.6. The predicted octanol–water partition coefficient (Wildman–Crippen LogP) is 4.45. The molecule has 2 aromatic carbocycles. The molecule has 0 saturated carbocycles. The highest BCUT2D eigenvalue weighted by molar-refractivity contribution is 5.81. The van der Waals surface area contributed by atoms with E-state index in [9.17, 15) is 4.79 Å². The minimum Gasteiger partial charge on any atom is -0.460 e. The second-order valence-corrected chi connectivity index (χ2v) is 6.11. The molecule has 0 saturated heterocycles. The number of ether oxygens (including phenoxy) is 2. The van der Waals surface area contributed by atoms with Crippen molar-refractivity contribution in [3.05, 3.63) is 72.3 Å². The van der Waals surface area contributed by atoms with Crippen LogP contribution < -0.4 is 0 Å². The molecule has 0 radical (unpaired) electrons. The number of nitrogens with zero attached hydrogens (tertiary/aromatic N) is 2. The van der Waals surface area contributed by atoms with E-state index in [1.807, 2.05) is 62.4 Å². The van der Waals surface area contributed by atoms with Crippen LogP contribution in [-0.4, -0.2) is 36.4 Å². The molecular weight excluding hydrogens is 380 g/mol. The summed E-state index contributed by atoms with van der Waals surface area (Å²) in [6.07, 6.45) is 1.12. The Hall–Kier alpha value is -3.69. The number of aromatic nitrogens is 2. The van der Waals surface area contributed by atoms with Crippen LogP contribution in [0.3, 0.4) is 0 Å². The fourth-order valence-corrected chi connectivity index (χ4v) is 2.29. The average molecular weight is 404 g/mol. The van der Waals surface area contributed by atoms with Crippen molar-refractivity contribution in [3.63, 3.8) is 0 Å². The van der Waals surface area contributed by atoms with Crippen LogP contribution in [0.2, 0.25) is 0 Å². The van der Waals surface area contributed by atoms with Gasteiger partial charge >= 0.3 is 5.97 Å². The zero-order valence-electron chi connectivity index (χ0n) is 17.3. The summed E-state index contributed by atoms with van der Waals surface area (Å²) in [4.78, 5) is 14.7. The van der Waals surface area contributed by atoms with Gasteiger partial charge in [0.25, 0.3) is 5.89 Å². The Morgan fingerprint density at radius 3 is 2.37 bits per heavy atom. The number of carbonyl (C=O) groups excluding carboxylic acids is 1. The largest absolute Gasteiger partial charge is 0.460 e. The molecule has 0 aliphatic rings. The summed E-state index contributed by atoms with van der Waals surface area (Å²) >= 11 is 0. The fraction of sp³-hybridized carbons (Fsp3) is 0.208. The summed E-state index contributed by atoms with van der Waals surface area (Å²) in [6.45, 7) is 7.81. The predicted molar refractivity (Wildman–Crippen MR) is 115 cm³/mol. The first-order chi connectivity index (χ1) is 14.6. The van der Waals surface area contributed by atoms with Crippen molar-refractivity contribution in [1.82, 2.24) is 10.1 Å². The van der Waals surface area contributed by atoms with E-state index < -0.39 is 5.97 Å². The van der Waals surface area contributed by atoms with Crippen LogP contribution in [0, 0.1) is 18.8 Å². The van der Waals surface area contributed by atoms with Crippen molar-refractivity contribution in [2.75, 3.05) is 20.3 Å². The first-order valence-electron chi connectivity index (χ1n) is 9.29. The Bertz CT molecular complexity index is 1010. The lowest BCUT2D eigenvalue weighted by molar-refractivity contribution is -0.138. The molecule has 0 atom stereocenters. The standard InChI is InChI=1S/C18H14N2O.C6H10O3/c1-3-4-14-7-11-16(12-8-14)18-19-17(20-21-18)15-9-5-13(2)6-10-15;1-3-6(7)9-5-4-8-2/h5-12H,1-2H3;3H,1,4-5H2,2H3. The number of methoxy groups -OCH3 is 1. The lowest BCUT2D eigenvalue weighted by Gasteiger charge is -1.98. The SMILES string of the molecule is C=CC(=O)OCCOC.CC#Cc1ccc(-c2nc(-c3ccc(C)cc3)no2)cc1. The van der Waals surface area contributed by atoms with Gasteiger partial charge in [-0.05, 0) is 38.1 Å². The van der Waals surface area contributed by atoms with E-state index in [1.54, 1.807) is 7.11 Å². The number of rotatable bonds is 6. The van der Waals surface area contributed by atoms with Crippen molar-refractivity contribution in [1.29, 1.82) is 0 Å². The number of esters is 1. The molecule has 0 spiro atoms. The molecular formula is C24H24N2O4. The molecule has 1 heterocycles. The highest BCUT2D eigenvalue weighted by Crippen LogP contribution is 2.22. The molecule has 6 nitrogen and oxygen atoms in total. The Labute approximate surface area is 176 Å². The Morgan fingerprint density at radius 2 is 1.77 bits per heavy atom. The van der Waals surface area contributed by atoms with Gasteiger partial charge < -0.3 is 14.0 Å². The van der Waals surface area contributed by atoms with Gasteiger partial charge in [0.15, 0.2) is 0 Å². The van der Waals surface area contributed by atoms with Crippen LogP contribution in [0.25, 0.3) is 22.8 Å². The Kier molecular flexibility index (Phi) is 9.04. The molecule has 6 heteroatoms. The van der Waals surface area contributed by atoms with Gasteiger partial charge in [-0.3, -0.25) is 0 Å². The molecule has 0 aliphatic heterocycles.